The van der Waals surface area contributed by atoms with Gasteiger partial charge in [0.25, 0.3) is 0 Å². The van der Waals surface area contributed by atoms with Crippen molar-refractivity contribution in [2.45, 2.75) is 354 Å². The number of rotatable bonds is 73. The number of hydrogen-bond acceptors (Lipinski definition) is 7. The van der Waals surface area contributed by atoms with Crippen molar-refractivity contribution in [2.24, 2.45) is 0 Å². The van der Waals surface area contributed by atoms with Crippen molar-refractivity contribution in [1.29, 1.82) is 0 Å². The first kappa shape index (κ1) is 92.2. The number of phosphoric acid groups is 1. The van der Waals surface area contributed by atoms with Gasteiger partial charge in [-0.2, -0.15) is 0 Å². The number of ether oxygens (including phenoxy) is 2. The summed E-state index contributed by atoms with van der Waals surface area (Å²) in [7, 11) is 1.47. The molecule has 552 valence electrons. The number of esters is 2. The van der Waals surface area contributed by atoms with Crippen LogP contribution < -0.4 is 0 Å². The first-order chi connectivity index (χ1) is 47.0. The maximum Gasteiger partial charge on any atom is 0.472 e. The van der Waals surface area contributed by atoms with Crippen molar-refractivity contribution in [3.8, 4) is 0 Å². The molecule has 2 atom stereocenters. The minimum atomic E-state index is -4.41. The van der Waals surface area contributed by atoms with Gasteiger partial charge in [0.05, 0.1) is 27.7 Å². The monoisotopic (exact) mass is 1360 g/mol. The lowest BCUT2D eigenvalue weighted by molar-refractivity contribution is -0.870. The van der Waals surface area contributed by atoms with Crippen molar-refractivity contribution in [3.05, 3.63) is 134 Å². The lowest BCUT2D eigenvalue weighted by atomic mass is 10.0. The zero-order valence-electron chi connectivity index (χ0n) is 63.1. The Labute approximate surface area is 593 Å². The number of carbonyl (C=O) groups is 2. The van der Waals surface area contributed by atoms with Crippen molar-refractivity contribution >= 4 is 19.8 Å². The summed E-state index contributed by atoms with van der Waals surface area (Å²) < 4.78 is 34.8. The van der Waals surface area contributed by atoms with Crippen LogP contribution in [0.1, 0.15) is 348 Å². The molecule has 0 aromatic carbocycles. The van der Waals surface area contributed by atoms with E-state index in [1.54, 1.807) is 0 Å². The number of hydrogen-bond donors (Lipinski definition) is 1. The second kappa shape index (κ2) is 75.4. The van der Waals surface area contributed by atoms with Gasteiger partial charge in [0.2, 0.25) is 0 Å². The predicted octanol–water partition coefficient (Wildman–Crippen LogP) is 26.7. The van der Waals surface area contributed by atoms with Crippen LogP contribution in [0.4, 0.5) is 0 Å². The van der Waals surface area contributed by atoms with Crippen molar-refractivity contribution in [3.63, 3.8) is 0 Å². The molecule has 0 rings (SSSR count). The highest BCUT2D eigenvalue weighted by Crippen LogP contribution is 2.43. The predicted molar refractivity (Wildman–Crippen MR) is 417 cm³/mol. The van der Waals surface area contributed by atoms with Gasteiger partial charge in [0, 0.05) is 12.8 Å². The molecule has 0 heterocycles. The van der Waals surface area contributed by atoms with E-state index in [4.69, 9.17) is 18.5 Å². The van der Waals surface area contributed by atoms with Gasteiger partial charge in [-0.1, -0.05) is 372 Å². The highest BCUT2D eigenvalue weighted by atomic mass is 31.2. The van der Waals surface area contributed by atoms with Crippen molar-refractivity contribution < 1.29 is 42.1 Å². The van der Waals surface area contributed by atoms with E-state index in [1.165, 1.54) is 199 Å². The Bertz CT molecular complexity index is 2090. The summed E-state index contributed by atoms with van der Waals surface area (Å²) in [6.07, 6.45) is 110. The highest BCUT2D eigenvalue weighted by Gasteiger charge is 2.27. The number of allylic oxidation sites excluding steroid dienone is 22. The Morgan fingerprint density at radius 3 is 0.885 bits per heavy atom. The van der Waals surface area contributed by atoms with Gasteiger partial charge in [-0.3, -0.25) is 18.6 Å². The van der Waals surface area contributed by atoms with Crippen LogP contribution in [-0.2, 0) is 32.7 Å². The van der Waals surface area contributed by atoms with Gasteiger partial charge in [0.1, 0.15) is 19.8 Å². The Morgan fingerprint density at radius 2 is 0.594 bits per heavy atom. The molecule has 0 saturated carbocycles. The third-order valence-corrected chi connectivity index (χ3v) is 18.2. The zero-order chi connectivity index (χ0) is 69.7. The molecular weight excluding hydrogens is 1210 g/mol. The van der Waals surface area contributed by atoms with E-state index in [1.807, 2.05) is 21.1 Å². The van der Waals surface area contributed by atoms with Gasteiger partial charge in [-0.15, -0.1) is 0 Å². The van der Waals surface area contributed by atoms with E-state index in [-0.39, 0.29) is 32.0 Å². The SMILES string of the molecule is CC/C=C\C/C=C\C/C=C\C/C=C\C/C=C\C/C=C\C/C=C\C/C=C\C/C=C\C/C=C\C/C=C\CCCCCCCCCC(=O)OC(COC(=O)CCCCCCCCCCCCCCCCCCCCCCCCCCCCCCCCC)COP(=O)(O)OCC[N+](C)(C)C. The number of unbranched alkanes of at least 4 members (excludes halogenated alkanes) is 37. The summed E-state index contributed by atoms with van der Waals surface area (Å²) in [6.45, 7) is 4.34. The number of quaternary nitrogens is 1. The molecule has 0 aliphatic heterocycles. The van der Waals surface area contributed by atoms with Crippen molar-refractivity contribution in [1.82, 2.24) is 0 Å². The average molecular weight is 1360 g/mol. The van der Waals surface area contributed by atoms with E-state index in [2.05, 4.69) is 148 Å². The molecule has 0 fully saturated rings. The first-order valence-electron chi connectivity index (χ1n) is 39.9. The van der Waals surface area contributed by atoms with E-state index in [0.29, 0.717) is 17.4 Å². The Kier molecular flexibility index (Phi) is 72.3. The summed E-state index contributed by atoms with van der Waals surface area (Å²) >= 11 is 0. The van der Waals surface area contributed by atoms with E-state index < -0.39 is 26.5 Å². The lowest BCUT2D eigenvalue weighted by Crippen LogP contribution is -2.37. The molecule has 0 saturated heterocycles. The van der Waals surface area contributed by atoms with Crippen LogP contribution >= 0.6 is 7.82 Å². The second-order valence-corrected chi connectivity index (χ2v) is 29.2. The molecule has 0 amide bonds. The van der Waals surface area contributed by atoms with Crippen LogP contribution in [0.25, 0.3) is 0 Å². The van der Waals surface area contributed by atoms with Gasteiger partial charge in [0.15, 0.2) is 6.10 Å². The largest absolute Gasteiger partial charge is 0.472 e. The molecule has 0 aromatic heterocycles. The fourth-order valence-corrected chi connectivity index (χ4v) is 11.9. The minimum Gasteiger partial charge on any atom is -0.462 e. The van der Waals surface area contributed by atoms with E-state index in [0.717, 1.165) is 116 Å². The summed E-state index contributed by atoms with van der Waals surface area (Å²) in [5.74, 6) is -0.803. The first-order valence-corrected chi connectivity index (χ1v) is 41.4. The standard InChI is InChI=1S/C86H150NO8P/c1-6-8-10-12-14-16-18-20-22-24-26-28-30-32-34-36-38-39-40-41-42-43-44-45-46-47-49-51-53-55-57-59-61-63-65-67-69-71-73-75-77-79-86(89)95-84(83-94-96(90,91)93-81-80-87(3,4)5)82-92-85(88)78-76-74-72-70-68-66-64-62-60-58-56-54-52-50-48-37-35-33-31-29-27-25-23-21-19-17-15-13-11-9-7-2/h8,10,14,16,20,22,26,28,32,34,38-39,41-42,44-45,47,49,53,55,59,61,84H,6-7,9,11-13,15,17-19,21,23-25,27,29-31,33,35-37,40,43,46,48,50-52,54,56-58,60,62-83H2,1-5H3/p+1/b10-8-,16-14-,22-20-,28-26-,34-32-,39-38-,42-41-,45-44-,49-47-,55-53-,61-59-. The molecule has 10 heteroatoms. The quantitative estimate of drug-likeness (QED) is 0.0211. The Balaban J connectivity index is 4.05. The summed E-state index contributed by atoms with van der Waals surface area (Å²) in [5, 5.41) is 0. The Morgan fingerprint density at radius 1 is 0.333 bits per heavy atom. The molecule has 0 bridgehead atoms. The van der Waals surface area contributed by atoms with Crippen LogP contribution in [0.2, 0.25) is 0 Å². The lowest BCUT2D eigenvalue weighted by Gasteiger charge is -2.24. The number of likely N-dealkylation sites (N-methyl/N-ethyl adjacent to an activating group) is 1. The molecule has 0 radical (unpaired) electrons. The van der Waals surface area contributed by atoms with Crippen LogP contribution in [0.3, 0.4) is 0 Å². The molecule has 1 N–H and O–H groups in total. The molecular formula is C86H151NO8P+. The maximum atomic E-state index is 12.9. The Hall–Kier alpha value is -3.85. The second-order valence-electron chi connectivity index (χ2n) is 27.7. The van der Waals surface area contributed by atoms with Crippen LogP contribution in [0.5, 0.6) is 0 Å². The zero-order valence-corrected chi connectivity index (χ0v) is 64.0. The molecule has 2 unspecified atom stereocenters. The smallest absolute Gasteiger partial charge is 0.462 e. The summed E-state index contributed by atoms with van der Waals surface area (Å²) in [6, 6.07) is 0. The maximum absolute atomic E-state index is 12.9. The molecule has 0 aromatic rings. The topological polar surface area (TPSA) is 108 Å². The van der Waals surface area contributed by atoms with E-state index in [9.17, 15) is 19.0 Å². The van der Waals surface area contributed by atoms with Crippen LogP contribution in [-0.4, -0.2) is 74.9 Å². The number of nitrogens with zero attached hydrogens (tertiary/aromatic N) is 1. The molecule has 0 aliphatic carbocycles. The van der Waals surface area contributed by atoms with Gasteiger partial charge < -0.3 is 18.9 Å². The normalized spacial score (nSPS) is 13.8. The van der Waals surface area contributed by atoms with Gasteiger partial charge in [-0.25, -0.2) is 4.57 Å². The third kappa shape index (κ3) is 79.1. The van der Waals surface area contributed by atoms with Gasteiger partial charge in [-0.05, 0) is 96.3 Å². The summed E-state index contributed by atoms with van der Waals surface area (Å²) in [4.78, 5) is 36.0. The van der Waals surface area contributed by atoms with Crippen molar-refractivity contribution in [2.75, 3.05) is 47.5 Å². The molecule has 0 spiro atoms. The van der Waals surface area contributed by atoms with Crippen LogP contribution in [0, 0.1) is 0 Å². The number of carbonyl (C=O) groups excluding carboxylic acids is 2. The van der Waals surface area contributed by atoms with E-state index >= 15 is 0 Å². The summed E-state index contributed by atoms with van der Waals surface area (Å²) in [5.41, 5.74) is 0. The average Bonchev–Trinajstić information content (AvgIpc) is 2.54. The third-order valence-electron chi connectivity index (χ3n) is 17.2. The van der Waals surface area contributed by atoms with Gasteiger partial charge >= 0.3 is 19.8 Å². The highest BCUT2D eigenvalue weighted by molar-refractivity contribution is 7.47. The molecule has 9 nitrogen and oxygen atoms in total. The molecule has 96 heavy (non-hydrogen) atoms. The molecule has 0 aliphatic rings. The number of phosphoric ester groups is 1. The van der Waals surface area contributed by atoms with Crippen LogP contribution in [0.15, 0.2) is 134 Å². The fourth-order valence-electron chi connectivity index (χ4n) is 11.1. The fraction of sp³-hybridized carbons (Fsp3) is 0.721. The minimum absolute atomic E-state index is 0.0250.